The lowest BCUT2D eigenvalue weighted by molar-refractivity contribution is -0.0523. The second-order valence-corrected chi connectivity index (χ2v) is 6.41. The highest BCUT2D eigenvalue weighted by molar-refractivity contribution is 5.77. The summed E-state index contributed by atoms with van der Waals surface area (Å²) in [4.78, 5) is 8.33. The van der Waals surface area contributed by atoms with Gasteiger partial charge in [0, 0.05) is 31.4 Å². The highest BCUT2D eigenvalue weighted by atomic mass is 19.3. The van der Waals surface area contributed by atoms with Crippen LogP contribution in [-0.2, 0) is 0 Å². The number of aromatic nitrogens is 4. The van der Waals surface area contributed by atoms with Crippen LogP contribution in [0, 0.1) is 0 Å². The van der Waals surface area contributed by atoms with Crippen molar-refractivity contribution in [2.75, 3.05) is 17.7 Å². The van der Waals surface area contributed by atoms with Crippen LogP contribution in [0.3, 0.4) is 0 Å². The van der Waals surface area contributed by atoms with Gasteiger partial charge >= 0.3 is 6.61 Å². The molecular formula is C18H18F3N7O. The van der Waals surface area contributed by atoms with E-state index in [1.807, 2.05) is 0 Å². The molecule has 1 saturated carbocycles. The Morgan fingerprint density at radius 2 is 2.21 bits per heavy atom. The van der Waals surface area contributed by atoms with Gasteiger partial charge in [-0.15, -0.1) is 0 Å². The molecule has 1 aliphatic carbocycles. The first-order valence-electron chi connectivity index (χ1n) is 8.79. The first-order valence-corrected chi connectivity index (χ1v) is 8.79. The number of alkyl halides is 3. The molecule has 29 heavy (non-hydrogen) atoms. The first-order chi connectivity index (χ1) is 14.0. The van der Waals surface area contributed by atoms with Crippen LogP contribution in [0.4, 0.5) is 30.5 Å². The molecule has 0 amide bonds. The largest absolute Gasteiger partial charge is 0.415 e. The molecule has 0 saturated heterocycles. The van der Waals surface area contributed by atoms with Crippen molar-refractivity contribution in [3.05, 3.63) is 42.7 Å². The van der Waals surface area contributed by atoms with Crippen LogP contribution in [0.1, 0.15) is 12.0 Å². The number of nitrogens with zero attached hydrogens (tertiary/aromatic N) is 4. The quantitative estimate of drug-likeness (QED) is 0.530. The third-order valence-corrected chi connectivity index (χ3v) is 4.36. The normalized spacial score (nSPS) is 18.0. The lowest BCUT2D eigenvalue weighted by Crippen LogP contribution is -2.16. The van der Waals surface area contributed by atoms with E-state index in [9.17, 15) is 13.2 Å². The van der Waals surface area contributed by atoms with Crippen LogP contribution < -0.4 is 20.7 Å². The summed E-state index contributed by atoms with van der Waals surface area (Å²) in [6.07, 6.45) is 2.48. The fourth-order valence-corrected chi connectivity index (χ4v) is 2.83. The molecule has 0 spiro atoms. The number of hydrogen-bond donors (Lipinski definition) is 3. The zero-order valence-corrected chi connectivity index (χ0v) is 15.4. The molecule has 0 radical (unpaired) electrons. The van der Waals surface area contributed by atoms with E-state index < -0.39 is 12.8 Å². The van der Waals surface area contributed by atoms with Gasteiger partial charge in [0.1, 0.15) is 23.5 Å². The summed E-state index contributed by atoms with van der Waals surface area (Å²) < 4.78 is 44.5. The molecule has 11 heteroatoms. The third-order valence-electron chi connectivity index (χ3n) is 4.36. The Bertz CT molecular complexity index is 1060. The van der Waals surface area contributed by atoms with Crippen LogP contribution in [0.25, 0.3) is 11.3 Å². The van der Waals surface area contributed by atoms with Crippen molar-refractivity contribution >= 4 is 28.7 Å². The molecular weight excluding hydrogens is 387 g/mol. The minimum Gasteiger partial charge on any atom is -0.415 e. The predicted molar refractivity (Wildman–Crippen MR) is 102 cm³/mol. The predicted octanol–water partition coefficient (Wildman–Crippen LogP) is 3.18. The third kappa shape index (κ3) is 3.89. The molecule has 4 rings (SSSR count). The molecule has 1 fully saturated rings. The Hall–Kier alpha value is -3.50. The zero-order chi connectivity index (χ0) is 20.5. The van der Waals surface area contributed by atoms with Gasteiger partial charge in [-0.1, -0.05) is 6.58 Å². The van der Waals surface area contributed by atoms with Crippen molar-refractivity contribution in [2.45, 2.75) is 25.2 Å². The van der Waals surface area contributed by atoms with E-state index in [4.69, 9.17) is 0 Å². The summed E-state index contributed by atoms with van der Waals surface area (Å²) in [6.45, 7) is 0.945. The second kappa shape index (κ2) is 7.49. The molecule has 3 aromatic heterocycles. The first kappa shape index (κ1) is 18.8. The average Bonchev–Trinajstić information content (AvgIpc) is 3.20. The number of hydrogen-bond acceptors (Lipinski definition) is 7. The molecule has 0 unspecified atom stereocenters. The Balaban J connectivity index is 1.68. The van der Waals surface area contributed by atoms with E-state index in [0.717, 1.165) is 0 Å². The SMILES string of the molecule is C=C(N[C@H]1C[C@H]1F)c1cnn2c(NC)cc(Nc3cccnc3OC(F)F)nc12. The van der Waals surface area contributed by atoms with Crippen molar-refractivity contribution in [1.29, 1.82) is 0 Å². The molecule has 0 aliphatic heterocycles. The van der Waals surface area contributed by atoms with E-state index >= 15 is 0 Å². The maximum absolute atomic E-state index is 13.2. The number of anilines is 3. The van der Waals surface area contributed by atoms with Gasteiger partial charge in [0.15, 0.2) is 5.65 Å². The van der Waals surface area contributed by atoms with Gasteiger partial charge in [-0.25, -0.2) is 14.4 Å². The second-order valence-electron chi connectivity index (χ2n) is 6.41. The number of fused-ring (bicyclic) bond motifs is 1. The molecule has 152 valence electrons. The highest BCUT2D eigenvalue weighted by Crippen LogP contribution is 2.30. The van der Waals surface area contributed by atoms with Gasteiger partial charge in [0.25, 0.3) is 0 Å². The summed E-state index contributed by atoms with van der Waals surface area (Å²) in [5.41, 5.74) is 1.77. The fourth-order valence-electron chi connectivity index (χ4n) is 2.83. The number of pyridine rings is 1. The molecule has 2 atom stereocenters. The number of nitrogens with one attached hydrogen (secondary N) is 3. The number of rotatable bonds is 8. The lowest BCUT2D eigenvalue weighted by Gasteiger charge is -2.13. The summed E-state index contributed by atoms with van der Waals surface area (Å²) in [7, 11) is 1.71. The minimum absolute atomic E-state index is 0.225. The van der Waals surface area contributed by atoms with E-state index in [1.54, 1.807) is 36.0 Å². The van der Waals surface area contributed by atoms with Crippen LogP contribution in [0.15, 0.2) is 37.2 Å². The van der Waals surface area contributed by atoms with E-state index in [1.165, 1.54) is 6.20 Å². The molecule has 0 aromatic carbocycles. The van der Waals surface area contributed by atoms with Crippen LogP contribution in [0.2, 0.25) is 0 Å². The maximum Gasteiger partial charge on any atom is 0.388 e. The van der Waals surface area contributed by atoms with Crippen LogP contribution >= 0.6 is 0 Å². The van der Waals surface area contributed by atoms with Gasteiger partial charge in [-0.2, -0.15) is 18.4 Å². The van der Waals surface area contributed by atoms with Gasteiger partial charge in [0.05, 0.1) is 17.8 Å². The van der Waals surface area contributed by atoms with Gasteiger partial charge in [-0.3, -0.25) is 0 Å². The van der Waals surface area contributed by atoms with Crippen molar-refractivity contribution in [3.63, 3.8) is 0 Å². The Labute approximate surface area is 163 Å². The highest BCUT2D eigenvalue weighted by Gasteiger charge is 2.38. The number of ether oxygens (including phenoxy) is 1. The molecule has 8 nitrogen and oxygen atoms in total. The smallest absolute Gasteiger partial charge is 0.388 e. The van der Waals surface area contributed by atoms with Crippen LogP contribution in [0.5, 0.6) is 5.88 Å². The van der Waals surface area contributed by atoms with Gasteiger partial charge < -0.3 is 20.7 Å². The molecule has 0 bridgehead atoms. The molecule has 3 heterocycles. The molecule has 3 N–H and O–H groups in total. The summed E-state index contributed by atoms with van der Waals surface area (Å²) in [5, 5.41) is 13.3. The van der Waals surface area contributed by atoms with Gasteiger partial charge in [-0.05, 0) is 12.1 Å². The van der Waals surface area contributed by atoms with E-state index in [0.29, 0.717) is 35.0 Å². The minimum atomic E-state index is -3.01. The Morgan fingerprint density at radius 1 is 1.41 bits per heavy atom. The maximum atomic E-state index is 13.2. The summed E-state index contributed by atoms with van der Waals surface area (Å²) >= 11 is 0. The lowest BCUT2D eigenvalue weighted by atomic mass is 10.2. The van der Waals surface area contributed by atoms with Gasteiger partial charge in [0.2, 0.25) is 5.88 Å². The summed E-state index contributed by atoms with van der Waals surface area (Å²) in [6, 6.07) is 4.52. The Morgan fingerprint density at radius 3 is 2.90 bits per heavy atom. The van der Waals surface area contributed by atoms with Crippen molar-refractivity contribution in [1.82, 2.24) is 24.9 Å². The fraction of sp³-hybridized carbons (Fsp3) is 0.278. The topological polar surface area (TPSA) is 88.4 Å². The standard InChI is InChI=1S/C18H18F3N7O/c1-9(25-13-6-11(13)19)10-8-24-28-15(22-2)7-14(27-16(10)28)26-12-4-3-5-23-17(12)29-18(20)21/h3-5,7-8,11,13,18,22,25H,1,6H2,2H3,(H,26,27)/t11-,13+/m1/s1. The molecule has 3 aromatic rings. The van der Waals surface area contributed by atoms with E-state index in [2.05, 4.69) is 42.3 Å². The number of halogens is 3. The van der Waals surface area contributed by atoms with Crippen molar-refractivity contribution in [3.8, 4) is 5.88 Å². The summed E-state index contributed by atoms with van der Waals surface area (Å²) in [5.74, 6) is 0.683. The monoisotopic (exact) mass is 405 g/mol. The van der Waals surface area contributed by atoms with E-state index in [-0.39, 0.29) is 17.6 Å². The Kier molecular flexibility index (Phi) is 4.87. The zero-order valence-electron chi connectivity index (χ0n) is 15.4. The van der Waals surface area contributed by atoms with Crippen molar-refractivity contribution in [2.24, 2.45) is 0 Å². The average molecular weight is 405 g/mol. The van der Waals surface area contributed by atoms with Crippen LogP contribution in [-0.4, -0.2) is 45.5 Å². The molecule has 1 aliphatic rings. The van der Waals surface area contributed by atoms with Crippen molar-refractivity contribution < 1.29 is 17.9 Å².